The van der Waals surface area contributed by atoms with Crippen molar-refractivity contribution in [2.75, 3.05) is 5.75 Å². The highest BCUT2D eigenvalue weighted by Crippen LogP contribution is 2.40. The van der Waals surface area contributed by atoms with Crippen LogP contribution >= 0.6 is 11.8 Å². The Morgan fingerprint density at radius 2 is 1.62 bits per heavy atom. The summed E-state index contributed by atoms with van der Waals surface area (Å²) in [5.74, 6) is -1.68. The SMILES string of the molecule is O=C(O)CCCC(=O)NCc1ccccc1-c1ccc(C2OC(CSc3ncccc3C(=O)O)CC(c3ccc(CO)cc3)O2)cc1. The molecule has 11 heteroatoms. The van der Waals surface area contributed by atoms with Crippen LogP contribution < -0.4 is 5.32 Å². The fourth-order valence-corrected chi connectivity index (χ4v) is 6.33. The van der Waals surface area contributed by atoms with Crippen molar-refractivity contribution in [2.45, 2.75) is 62.4 Å². The zero-order valence-corrected chi connectivity index (χ0v) is 26.4. The number of carbonyl (C=O) groups is 3. The van der Waals surface area contributed by atoms with E-state index >= 15 is 0 Å². The highest BCUT2D eigenvalue weighted by molar-refractivity contribution is 7.99. The van der Waals surface area contributed by atoms with Crippen molar-refractivity contribution in [2.24, 2.45) is 0 Å². The van der Waals surface area contributed by atoms with Gasteiger partial charge in [-0.25, -0.2) is 9.78 Å². The van der Waals surface area contributed by atoms with E-state index in [0.717, 1.165) is 33.4 Å². The third kappa shape index (κ3) is 9.26. The van der Waals surface area contributed by atoms with E-state index < -0.39 is 18.2 Å². The van der Waals surface area contributed by atoms with E-state index in [-0.39, 0.29) is 49.5 Å². The van der Waals surface area contributed by atoms with E-state index in [1.165, 1.54) is 17.8 Å². The number of aromatic carboxylic acids is 1. The summed E-state index contributed by atoms with van der Waals surface area (Å²) in [7, 11) is 0. The number of hydrogen-bond donors (Lipinski definition) is 4. The number of aromatic nitrogens is 1. The lowest BCUT2D eigenvalue weighted by atomic mass is 9.97. The van der Waals surface area contributed by atoms with Crippen molar-refractivity contribution in [3.8, 4) is 11.1 Å². The first kappa shape index (κ1) is 33.8. The topological polar surface area (TPSA) is 155 Å². The molecule has 5 rings (SSSR count). The third-order valence-electron chi connectivity index (χ3n) is 7.80. The molecule has 1 fully saturated rings. The van der Waals surface area contributed by atoms with Crippen LogP contribution in [0.5, 0.6) is 0 Å². The molecule has 1 aliphatic heterocycles. The van der Waals surface area contributed by atoms with Gasteiger partial charge < -0.3 is 30.1 Å². The molecule has 47 heavy (non-hydrogen) atoms. The predicted molar refractivity (Wildman–Crippen MR) is 176 cm³/mol. The average molecular weight is 657 g/mol. The molecule has 1 aromatic heterocycles. The molecule has 244 valence electrons. The first-order chi connectivity index (χ1) is 22.8. The van der Waals surface area contributed by atoms with Crippen LogP contribution in [0.15, 0.2) is 96.2 Å². The number of aliphatic hydroxyl groups excluding tert-OH is 1. The smallest absolute Gasteiger partial charge is 0.338 e. The highest BCUT2D eigenvalue weighted by Gasteiger charge is 2.32. The molecule has 4 N–H and O–H groups in total. The molecule has 1 amide bonds. The van der Waals surface area contributed by atoms with Gasteiger partial charge in [0, 0.05) is 43.3 Å². The van der Waals surface area contributed by atoms with Crippen LogP contribution in [0.2, 0.25) is 0 Å². The molecule has 1 saturated heterocycles. The standard InChI is InChI=1S/C36H36N2O8S/c39-21-23-10-12-25(13-11-23)31-19-28(22-47-34-30(35(43)44)7-4-18-37-34)45-36(46-31)26-16-14-24(15-17-26)29-6-2-1-5-27(29)20-38-32(40)8-3-9-33(41)42/h1-2,4-7,10-18,28,31,36,39H,3,8-9,19-22H2,(H,38,40)(H,41,42)(H,43,44). The molecule has 1 aliphatic rings. The van der Waals surface area contributed by atoms with Gasteiger partial charge in [0.15, 0.2) is 6.29 Å². The van der Waals surface area contributed by atoms with E-state index in [1.54, 1.807) is 12.3 Å². The van der Waals surface area contributed by atoms with Crippen molar-refractivity contribution in [1.82, 2.24) is 10.3 Å². The number of rotatable bonds is 14. The van der Waals surface area contributed by atoms with Gasteiger partial charge >= 0.3 is 11.9 Å². The molecule has 4 aromatic rings. The number of carboxylic acids is 2. The maximum atomic E-state index is 12.3. The molecule has 3 unspecified atom stereocenters. The fraction of sp³-hybridized carbons (Fsp3) is 0.278. The van der Waals surface area contributed by atoms with Gasteiger partial charge in [-0.15, -0.1) is 11.8 Å². The molecular weight excluding hydrogens is 620 g/mol. The Balaban J connectivity index is 1.31. The molecule has 0 radical (unpaired) electrons. The Labute approximate surface area is 276 Å². The average Bonchev–Trinajstić information content (AvgIpc) is 3.10. The second-order valence-electron chi connectivity index (χ2n) is 11.1. The molecule has 10 nitrogen and oxygen atoms in total. The minimum atomic E-state index is -1.03. The van der Waals surface area contributed by atoms with Crippen LogP contribution in [-0.2, 0) is 32.2 Å². The molecule has 0 bridgehead atoms. The second kappa shape index (κ2) is 16.3. The summed E-state index contributed by atoms with van der Waals surface area (Å²) in [6, 6.07) is 26.4. The molecular formula is C36H36N2O8S. The summed E-state index contributed by atoms with van der Waals surface area (Å²) in [4.78, 5) is 39.0. The minimum Gasteiger partial charge on any atom is -0.481 e. The molecule has 0 spiro atoms. The van der Waals surface area contributed by atoms with Crippen LogP contribution in [0.1, 0.15) is 70.7 Å². The lowest BCUT2D eigenvalue weighted by molar-refractivity contribution is -0.245. The number of benzene rings is 3. The molecule has 0 saturated carbocycles. The molecule has 2 heterocycles. The molecule has 3 atom stereocenters. The number of ether oxygens (including phenoxy) is 2. The number of nitrogens with one attached hydrogen (secondary N) is 1. The summed E-state index contributed by atoms with van der Waals surface area (Å²) in [6.45, 7) is 0.260. The zero-order valence-electron chi connectivity index (χ0n) is 25.6. The Morgan fingerprint density at radius 1 is 0.872 bits per heavy atom. The number of aliphatic carboxylic acids is 1. The fourth-order valence-electron chi connectivity index (χ4n) is 5.32. The quantitative estimate of drug-likeness (QED) is 0.116. The van der Waals surface area contributed by atoms with Crippen LogP contribution in [0.25, 0.3) is 11.1 Å². The first-order valence-electron chi connectivity index (χ1n) is 15.3. The van der Waals surface area contributed by atoms with Gasteiger partial charge in [0.05, 0.1) is 24.4 Å². The number of hydrogen-bond acceptors (Lipinski definition) is 8. The van der Waals surface area contributed by atoms with Crippen molar-refractivity contribution in [3.63, 3.8) is 0 Å². The van der Waals surface area contributed by atoms with Gasteiger partial charge in [-0.1, -0.05) is 72.8 Å². The minimum absolute atomic E-state index is 0.0447. The summed E-state index contributed by atoms with van der Waals surface area (Å²) in [6.07, 6.45) is 1.26. The second-order valence-corrected chi connectivity index (χ2v) is 12.1. The third-order valence-corrected chi connectivity index (χ3v) is 8.94. The van der Waals surface area contributed by atoms with Gasteiger partial charge in [0.1, 0.15) is 5.03 Å². The molecule has 0 aliphatic carbocycles. The summed E-state index contributed by atoms with van der Waals surface area (Å²) in [5.41, 5.74) is 5.53. The number of nitrogens with zero attached hydrogens (tertiary/aromatic N) is 1. The van der Waals surface area contributed by atoms with Crippen molar-refractivity contribution >= 4 is 29.6 Å². The normalized spacial score (nSPS) is 17.6. The Bertz CT molecular complexity index is 1680. The van der Waals surface area contributed by atoms with Crippen LogP contribution in [0, 0.1) is 0 Å². The monoisotopic (exact) mass is 656 g/mol. The summed E-state index contributed by atoms with van der Waals surface area (Å²) in [5, 5.41) is 31.2. The lowest BCUT2D eigenvalue weighted by Crippen LogP contribution is -2.31. The van der Waals surface area contributed by atoms with Gasteiger partial charge in [0.2, 0.25) is 5.91 Å². The maximum absolute atomic E-state index is 12.3. The van der Waals surface area contributed by atoms with Gasteiger partial charge in [-0.3, -0.25) is 9.59 Å². The van der Waals surface area contributed by atoms with Crippen molar-refractivity contribution in [1.29, 1.82) is 0 Å². The number of amides is 1. The van der Waals surface area contributed by atoms with Crippen LogP contribution in [0.3, 0.4) is 0 Å². The van der Waals surface area contributed by atoms with Gasteiger partial charge in [0.25, 0.3) is 0 Å². The number of carbonyl (C=O) groups excluding carboxylic acids is 1. The lowest BCUT2D eigenvalue weighted by Gasteiger charge is -2.36. The molecule has 3 aromatic carbocycles. The first-order valence-corrected chi connectivity index (χ1v) is 16.3. The highest BCUT2D eigenvalue weighted by atomic mass is 32.2. The van der Waals surface area contributed by atoms with E-state index in [9.17, 15) is 24.6 Å². The Kier molecular flexibility index (Phi) is 11.7. The van der Waals surface area contributed by atoms with Gasteiger partial charge in [-0.2, -0.15) is 0 Å². The summed E-state index contributed by atoms with van der Waals surface area (Å²) < 4.78 is 12.9. The predicted octanol–water partition coefficient (Wildman–Crippen LogP) is 6.15. The van der Waals surface area contributed by atoms with E-state index in [4.69, 9.17) is 14.6 Å². The van der Waals surface area contributed by atoms with Gasteiger partial charge in [-0.05, 0) is 46.4 Å². The Morgan fingerprint density at radius 3 is 2.34 bits per heavy atom. The Hall–Kier alpha value is -4.55. The van der Waals surface area contributed by atoms with Crippen molar-refractivity contribution in [3.05, 3.63) is 119 Å². The number of pyridine rings is 1. The van der Waals surface area contributed by atoms with E-state index in [1.807, 2.05) is 72.8 Å². The van der Waals surface area contributed by atoms with Crippen LogP contribution in [0.4, 0.5) is 0 Å². The van der Waals surface area contributed by atoms with Crippen LogP contribution in [-0.4, -0.2) is 50.0 Å². The number of thioether (sulfide) groups is 1. The zero-order chi connectivity index (χ0) is 33.2. The summed E-state index contributed by atoms with van der Waals surface area (Å²) >= 11 is 1.33. The number of carboxylic acid groups (broad SMARTS) is 2. The largest absolute Gasteiger partial charge is 0.481 e. The maximum Gasteiger partial charge on any atom is 0.338 e. The van der Waals surface area contributed by atoms with E-state index in [2.05, 4.69) is 10.3 Å². The van der Waals surface area contributed by atoms with E-state index in [0.29, 0.717) is 23.7 Å². The van der Waals surface area contributed by atoms with Crippen molar-refractivity contribution < 1.29 is 39.2 Å². The number of aliphatic hydroxyl groups is 1.